The zero-order valence-corrected chi connectivity index (χ0v) is 12.0. The van der Waals surface area contributed by atoms with Crippen LogP contribution >= 0.6 is 0 Å². The molecule has 1 aliphatic carbocycles. The minimum absolute atomic E-state index is 0.134. The van der Waals surface area contributed by atoms with Gasteiger partial charge in [0.1, 0.15) is 0 Å². The first kappa shape index (κ1) is 12.7. The predicted octanol–water partition coefficient (Wildman–Crippen LogP) is 4.13. The molecule has 1 spiro atoms. The molecule has 1 aromatic carbocycles. The van der Waals surface area contributed by atoms with Crippen LogP contribution in [0.25, 0.3) is 0 Å². The average Bonchev–Trinajstić information content (AvgIpc) is 2.49. The van der Waals surface area contributed by atoms with Crippen molar-refractivity contribution in [3.05, 3.63) is 40.1 Å². The minimum atomic E-state index is -0.134. The quantitative estimate of drug-likeness (QED) is 0.507. The first-order valence-electron chi connectivity index (χ1n) is 7.53. The van der Waals surface area contributed by atoms with Crippen LogP contribution in [0.5, 0.6) is 0 Å². The Morgan fingerprint density at radius 3 is 2.68 bits per heavy atom. The third kappa shape index (κ3) is 2.18. The first-order chi connectivity index (χ1) is 9.11. The van der Waals surface area contributed by atoms with Gasteiger partial charge in [-0.25, -0.2) is 4.74 Å². The summed E-state index contributed by atoms with van der Waals surface area (Å²) in [7, 11) is 0. The molecule has 1 aromatic rings. The summed E-state index contributed by atoms with van der Waals surface area (Å²) in [4.78, 5) is 0. The lowest BCUT2D eigenvalue weighted by molar-refractivity contribution is -0.552. The minimum Gasteiger partial charge on any atom is -0.623 e. The number of fused-ring (bicyclic) bond motifs is 1. The number of benzene rings is 1. The molecule has 1 atom stereocenters. The van der Waals surface area contributed by atoms with Crippen molar-refractivity contribution in [1.29, 1.82) is 0 Å². The van der Waals surface area contributed by atoms with E-state index in [2.05, 4.69) is 32.0 Å². The van der Waals surface area contributed by atoms with Crippen LogP contribution in [0.15, 0.2) is 18.2 Å². The van der Waals surface area contributed by atoms with Gasteiger partial charge in [0.25, 0.3) is 0 Å². The Labute approximate surface area is 115 Å². The number of aryl methyl sites for hydroxylation is 1. The van der Waals surface area contributed by atoms with Gasteiger partial charge in [-0.15, -0.1) is 0 Å². The zero-order chi connectivity index (χ0) is 13.5. The molecule has 0 N–H and O–H groups in total. The molecule has 0 radical (unpaired) electrons. The van der Waals surface area contributed by atoms with Gasteiger partial charge in [0.05, 0.1) is 0 Å². The fourth-order valence-electron chi connectivity index (χ4n) is 3.91. The summed E-state index contributed by atoms with van der Waals surface area (Å²) in [6, 6.07) is 6.47. The van der Waals surface area contributed by atoms with E-state index >= 15 is 0 Å². The van der Waals surface area contributed by atoms with Crippen molar-refractivity contribution in [2.75, 3.05) is 0 Å². The lowest BCUT2D eigenvalue weighted by atomic mass is 9.75. The maximum absolute atomic E-state index is 12.6. The fourth-order valence-corrected chi connectivity index (χ4v) is 3.91. The summed E-state index contributed by atoms with van der Waals surface area (Å²) in [5.74, 6) is 0.475. The third-order valence-electron chi connectivity index (χ3n) is 4.97. The second-order valence-corrected chi connectivity index (χ2v) is 6.48. The van der Waals surface area contributed by atoms with Gasteiger partial charge >= 0.3 is 0 Å². The van der Waals surface area contributed by atoms with Crippen molar-refractivity contribution >= 4 is 6.21 Å². The molecule has 2 heteroatoms. The van der Waals surface area contributed by atoms with Gasteiger partial charge in [0, 0.05) is 24.8 Å². The van der Waals surface area contributed by atoms with E-state index in [-0.39, 0.29) is 5.54 Å². The molecular formula is C17H23NO. The normalized spacial score (nSPS) is 25.6. The third-order valence-corrected chi connectivity index (χ3v) is 4.97. The molecule has 1 aliphatic heterocycles. The molecule has 102 valence electrons. The SMILES string of the molecule is Cc1ccc2c(c1)C(C)CC1(CCCCC1)[N+]([O-])=C2. The highest BCUT2D eigenvalue weighted by atomic mass is 16.5. The van der Waals surface area contributed by atoms with E-state index in [1.165, 1.54) is 35.1 Å². The number of nitrogens with zero attached hydrogens (tertiary/aromatic N) is 1. The van der Waals surface area contributed by atoms with E-state index in [1.807, 2.05) is 6.21 Å². The van der Waals surface area contributed by atoms with Gasteiger partial charge in [-0.3, -0.25) is 0 Å². The van der Waals surface area contributed by atoms with Crippen molar-refractivity contribution in [1.82, 2.24) is 0 Å². The summed E-state index contributed by atoms with van der Waals surface area (Å²) in [6.45, 7) is 4.41. The van der Waals surface area contributed by atoms with Gasteiger partial charge in [0.2, 0.25) is 0 Å². The second kappa shape index (κ2) is 4.66. The summed E-state index contributed by atoms with van der Waals surface area (Å²) < 4.78 is 1.30. The zero-order valence-electron chi connectivity index (χ0n) is 12.0. The van der Waals surface area contributed by atoms with Gasteiger partial charge in [-0.1, -0.05) is 31.0 Å². The van der Waals surface area contributed by atoms with Crippen LogP contribution in [0, 0.1) is 12.1 Å². The molecule has 3 rings (SSSR count). The lowest BCUT2D eigenvalue weighted by Crippen LogP contribution is -2.42. The highest BCUT2D eigenvalue weighted by Gasteiger charge is 2.43. The predicted molar refractivity (Wildman–Crippen MR) is 78.8 cm³/mol. The Hall–Kier alpha value is -1.31. The summed E-state index contributed by atoms with van der Waals surface area (Å²) in [5, 5.41) is 12.6. The molecule has 1 unspecified atom stereocenters. The van der Waals surface area contributed by atoms with Gasteiger partial charge < -0.3 is 5.21 Å². The van der Waals surface area contributed by atoms with Crippen LogP contribution < -0.4 is 0 Å². The van der Waals surface area contributed by atoms with E-state index in [0.29, 0.717) is 5.92 Å². The molecular weight excluding hydrogens is 234 g/mol. The van der Waals surface area contributed by atoms with Crippen LogP contribution in [-0.4, -0.2) is 16.5 Å². The molecule has 0 saturated heterocycles. The smallest absolute Gasteiger partial charge is 0.182 e. The van der Waals surface area contributed by atoms with Crippen LogP contribution in [0.3, 0.4) is 0 Å². The van der Waals surface area contributed by atoms with E-state index in [1.54, 1.807) is 0 Å². The van der Waals surface area contributed by atoms with Crippen LogP contribution in [-0.2, 0) is 0 Å². The van der Waals surface area contributed by atoms with Gasteiger partial charge in [-0.05, 0) is 37.3 Å². The van der Waals surface area contributed by atoms with Crippen molar-refractivity contribution in [3.8, 4) is 0 Å². The molecule has 0 amide bonds. The molecule has 19 heavy (non-hydrogen) atoms. The number of rotatable bonds is 0. The van der Waals surface area contributed by atoms with Crippen LogP contribution in [0.1, 0.15) is 68.1 Å². The largest absolute Gasteiger partial charge is 0.623 e. The maximum Gasteiger partial charge on any atom is 0.182 e. The maximum atomic E-state index is 12.6. The number of hydrogen-bond donors (Lipinski definition) is 0. The highest BCUT2D eigenvalue weighted by Crippen LogP contribution is 2.41. The molecule has 0 bridgehead atoms. The van der Waals surface area contributed by atoms with Gasteiger partial charge in [-0.2, -0.15) is 0 Å². The summed E-state index contributed by atoms with van der Waals surface area (Å²) in [5.41, 5.74) is 3.62. The van der Waals surface area contributed by atoms with Crippen molar-refractivity contribution in [2.45, 2.75) is 63.8 Å². The lowest BCUT2D eigenvalue weighted by Gasteiger charge is -2.35. The monoisotopic (exact) mass is 257 g/mol. The molecule has 1 heterocycles. The van der Waals surface area contributed by atoms with Crippen LogP contribution in [0.4, 0.5) is 0 Å². The van der Waals surface area contributed by atoms with Crippen LogP contribution in [0.2, 0.25) is 0 Å². The van der Waals surface area contributed by atoms with E-state index < -0.39 is 0 Å². The molecule has 2 nitrogen and oxygen atoms in total. The highest BCUT2D eigenvalue weighted by molar-refractivity contribution is 5.79. The van der Waals surface area contributed by atoms with E-state index in [4.69, 9.17) is 0 Å². The Kier molecular flexibility index (Phi) is 3.12. The Bertz CT molecular complexity index is 512. The van der Waals surface area contributed by atoms with Crippen molar-refractivity contribution in [2.24, 2.45) is 0 Å². The van der Waals surface area contributed by atoms with E-state index in [9.17, 15) is 5.21 Å². The Morgan fingerprint density at radius 1 is 1.21 bits per heavy atom. The second-order valence-electron chi connectivity index (χ2n) is 6.48. The Morgan fingerprint density at radius 2 is 1.95 bits per heavy atom. The number of hydroxylamine groups is 1. The first-order valence-corrected chi connectivity index (χ1v) is 7.53. The topological polar surface area (TPSA) is 26.1 Å². The van der Waals surface area contributed by atoms with Crippen molar-refractivity contribution in [3.63, 3.8) is 0 Å². The molecule has 1 fully saturated rings. The fraction of sp³-hybridized carbons (Fsp3) is 0.588. The number of hydrogen-bond acceptors (Lipinski definition) is 1. The molecule has 1 saturated carbocycles. The van der Waals surface area contributed by atoms with Crippen molar-refractivity contribution < 1.29 is 4.74 Å². The summed E-state index contributed by atoms with van der Waals surface area (Å²) in [6.07, 6.45) is 8.67. The molecule has 2 aliphatic rings. The average molecular weight is 257 g/mol. The van der Waals surface area contributed by atoms with E-state index in [0.717, 1.165) is 24.8 Å². The van der Waals surface area contributed by atoms with Gasteiger partial charge in [0.15, 0.2) is 11.8 Å². The standard InChI is InChI=1S/C17H23NO/c1-13-6-7-15-12-18(19)17(8-4-3-5-9-17)11-14(2)16(15)10-13/h6-7,10,12,14H,3-5,8-9,11H2,1-2H3. The summed E-state index contributed by atoms with van der Waals surface area (Å²) >= 11 is 0. The molecule has 0 aromatic heterocycles. The Balaban J connectivity index is 2.05.